The third-order valence-corrected chi connectivity index (χ3v) is 6.94. The summed E-state index contributed by atoms with van der Waals surface area (Å²) in [5, 5.41) is 3.97. The molecule has 1 saturated heterocycles. The first-order valence-corrected chi connectivity index (χ1v) is 12.0. The quantitative estimate of drug-likeness (QED) is 0.133. The van der Waals surface area contributed by atoms with Crippen molar-refractivity contribution in [2.24, 2.45) is 0 Å². The highest BCUT2D eigenvalue weighted by atomic mass is 32.3. The zero-order valence-electron chi connectivity index (χ0n) is 18.8. The highest BCUT2D eigenvalue weighted by Crippen LogP contribution is 2.44. The summed E-state index contributed by atoms with van der Waals surface area (Å²) in [5.41, 5.74) is 1.50. The summed E-state index contributed by atoms with van der Waals surface area (Å²) < 4.78 is 81.3. The van der Waals surface area contributed by atoms with Crippen molar-refractivity contribution in [3.05, 3.63) is 63.9 Å². The van der Waals surface area contributed by atoms with Crippen LogP contribution >= 0.6 is 12.0 Å². The summed E-state index contributed by atoms with van der Waals surface area (Å²) in [4.78, 5) is 4.07. The Balaban J connectivity index is 1.83. The number of halogens is 2. The van der Waals surface area contributed by atoms with Crippen LogP contribution in [0.1, 0.15) is 23.3 Å². The summed E-state index contributed by atoms with van der Waals surface area (Å²) in [6.07, 6.45) is -3.40. The first-order valence-electron chi connectivity index (χ1n) is 9.88. The van der Waals surface area contributed by atoms with Gasteiger partial charge >= 0.3 is 16.2 Å². The predicted molar refractivity (Wildman–Crippen MR) is 119 cm³/mol. The fraction of sp³-hybridized carbons (Fsp3) is 0.333. The second-order valence-electron chi connectivity index (χ2n) is 6.83. The second-order valence-corrected chi connectivity index (χ2v) is 9.28. The van der Waals surface area contributed by atoms with E-state index in [0.717, 1.165) is 12.7 Å². The molecule has 0 spiro atoms. The summed E-state index contributed by atoms with van der Waals surface area (Å²) in [6.45, 7) is 0.743. The molecule has 0 N–H and O–H groups in total. The molecule has 3 rings (SSSR count). The molecule has 0 radical (unpaired) electrons. The molecule has 14 heteroatoms. The lowest BCUT2D eigenvalue weighted by atomic mass is 10.0. The first-order chi connectivity index (χ1) is 16.8. The zero-order valence-corrected chi connectivity index (χ0v) is 20.4. The molecule has 0 unspecified atom stereocenters. The number of methoxy groups -OCH3 is 2. The van der Waals surface area contributed by atoms with Gasteiger partial charge in [0, 0.05) is 11.5 Å². The van der Waals surface area contributed by atoms with E-state index in [4.69, 9.17) is 23.1 Å². The normalized spacial score (nSPS) is 18.1. The number of ether oxygens (including phenoxy) is 4. The Labute approximate surface area is 204 Å². The summed E-state index contributed by atoms with van der Waals surface area (Å²) in [7, 11) is -1.58. The van der Waals surface area contributed by atoms with Gasteiger partial charge in [0.1, 0.15) is 0 Å². The van der Waals surface area contributed by atoms with Crippen molar-refractivity contribution in [1.29, 1.82) is 0 Å². The molecule has 0 amide bonds. The molecule has 0 bridgehead atoms. The minimum Gasteiger partial charge on any atom is -0.493 e. The Morgan fingerprint density at radius 1 is 0.971 bits per heavy atom. The number of hydrogen-bond donors (Lipinski definition) is 0. The molecule has 192 valence electrons. The van der Waals surface area contributed by atoms with Gasteiger partial charge in [-0.2, -0.15) is 17.2 Å². The van der Waals surface area contributed by atoms with E-state index in [-0.39, 0.29) is 29.5 Å². The van der Waals surface area contributed by atoms with Crippen molar-refractivity contribution in [3.8, 4) is 17.2 Å². The monoisotopic (exact) mass is 536 g/mol. The van der Waals surface area contributed by atoms with Gasteiger partial charge in [-0.15, -0.1) is 4.33 Å². The van der Waals surface area contributed by atoms with Crippen LogP contribution in [-0.4, -0.2) is 43.0 Å². The zero-order chi connectivity index (χ0) is 25.4. The van der Waals surface area contributed by atoms with Gasteiger partial charge < -0.3 is 23.1 Å². The van der Waals surface area contributed by atoms with Crippen LogP contribution in [-0.2, 0) is 33.9 Å². The van der Waals surface area contributed by atoms with Gasteiger partial charge in [-0.25, -0.2) is 4.89 Å². The third kappa shape index (κ3) is 6.82. The maximum Gasteiger partial charge on any atom is 0.353 e. The SMILES string of the molecule is COOOSC(=C(F)F)S(=O)(=O)Oc1c(OC)cc(C2OCC(c3ccccc3)CO2)cc1OC. The van der Waals surface area contributed by atoms with E-state index in [1.165, 1.54) is 26.4 Å². The van der Waals surface area contributed by atoms with Crippen molar-refractivity contribution in [1.82, 2.24) is 0 Å². The van der Waals surface area contributed by atoms with Gasteiger partial charge in [0.15, 0.2) is 17.8 Å². The highest BCUT2D eigenvalue weighted by Gasteiger charge is 2.33. The van der Waals surface area contributed by atoms with E-state index in [0.29, 0.717) is 18.8 Å². The molecule has 0 atom stereocenters. The summed E-state index contributed by atoms with van der Waals surface area (Å²) in [6, 6.07) is 12.5. The van der Waals surface area contributed by atoms with Crippen molar-refractivity contribution in [3.63, 3.8) is 0 Å². The lowest BCUT2D eigenvalue weighted by Gasteiger charge is -2.30. The topological polar surface area (TPSA) is 108 Å². The Kier molecular flexibility index (Phi) is 9.68. The maximum absolute atomic E-state index is 13.3. The van der Waals surface area contributed by atoms with Crippen LogP contribution in [0.15, 0.2) is 52.8 Å². The van der Waals surface area contributed by atoms with Crippen LogP contribution in [0, 0.1) is 0 Å². The van der Waals surface area contributed by atoms with E-state index < -0.39 is 32.5 Å². The molecule has 1 aliphatic rings. The molecule has 0 aliphatic carbocycles. The van der Waals surface area contributed by atoms with Gasteiger partial charge in [0.2, 0.25) is 9.99 Å². The third-order valence-electron chi connectivity index (χ3n) is 4.70. The van der Waals surface area contributed by atoms with Crippen molar-refractivity contribution >= 4 is 22.2 Å². The van der Waals surface area contributed by atoms with Crippen LogP contribution < -0.4 is 13.7 Å². The summed E-state index contributed by atoms with van der Waals surface area (Å²) >= 11 is -0.321. The Morgan fingerprint density at radius 2 is 1.57 bits per heavy atom. The molecule has 2 aromatic rings. The second kappa shape index (κ2) is 12.5. The Hall–Kier alpha value is -2.46. The molecule has 1 aliphatic heterocycles. The van der Waals surface area contributed by atoms with Crippen LogP contribution in [0.2, 0.25) is 0 Å². The van der Waals surface area contributed by atoms with Crippen LogP contribution in [0.3, 0.4) is 0 Å². The van der Waals surface area contributed by atoms with Crippen molar-refractivity contribution in [2.45, 2.75) is 12.2 Å². The average Bonchev–Trinajstić information content (AvgIpc) is 2.86. The fourth-order valence-corrected chi connectivity index (χ4v) is 4.49. The molecule has 1 heterocycles. The largest absolute Gasteiger partial charge is 0.493 e. The Morgan fingerprint density at radius 3 is 2.09 bits per heavy atom. The molecule has 35 heavy (non-hydrogen) atoms. The lowest BCUT2D eigenvalue weighted by Crippen LogP contribution is -2.25. The number of rotatable bonds is 11. The minimum atomic E-state index is -5.09. The average molecular weight is 537 g/mol. The van der Waals surface area contributed by atoms with Crippen LogP contribution in [0.25, 0.3) is 0 Å². The van der Waals surface area contributed by atoms with Gasteiger partial charge in [-0.1, -0.05) is 35.4 Å². The van der Waals surface area contributed by atoms with Crippen LogP contribution in [0.4, 0.5) is 8.78 Å². The van der Waals surface area contributed by atoms with Crippen molar-refractivity contribution in [2.75, 3.05) is 34.5 Å². The van der Waals surface area contributed by atoms with Crippen LogP contribution in [0.5, 0.6) is 17.2 Å². The number of hydrogen-bond acceptors (Lipinski definition) is 11. The van der Waals surface area contributed by atoms with E-state index in [9.17, 15) is 17.2 Å². The van der Waals surface area contributed by atoms with Crippen molar-refractivity contribution < 1.29 is 54.6 Å². The molecule has 2 aromatic carbocycles. The molecule has 0 saturated carbocycles. The molecule has 10 nitrogen and oxygen atoms in total. The van der Waals surface area contributed by atoms with Gasteiger partial charge in [0.05, 0.1) is 46.6 Å². The molecule has 0 aromatic heterocycles. The van der Waals surface area contributed by atoms with E-state index in [2.05, 4.69) is 14.3 Å². The Bertz CT molecular complexity index is 1090. The van der Waals surface area contributed by atoms with Gasteiger partial charge in [-0.05, 0) is 17.7 Å². The van der Waals surface area contributed by atoms with E-state index >= 15 is 0 Å². The summed E-state index contributed by atoms with van der Waals surface area (Å²) in [5.74, 6) is -0.689. The standard InChI is InChI=1S/C21H22F2O10S2/c1-26-16-9-14(20-29-11-15(12-30-20)13-7-5-4-6-8-13)10-17(27-2)18(16)31-35(24,25)21(19(22)23)34-33-32-28-3/h4-10,15,20H,11-12H2,1-3H3. The molecular weight excluding hydrogens is 514 g/mol. The van der Waals surface area contributed by atoms with Gasteiger partial charge in [0.25, 0.3) is 0 Å². The fourth-order valence-electron chi connectivity index (χ4n) is 3.12. The first kappa shape index (κ1) is 27.1. The molecule has 1 fully saturated rings. The van der Waals surface area contributed by atoms with E-state index in [1.54, 1.807) is 0 Å². The number of benzene rings is 2. The molecular formula is C21H22F2O10S2. The van der Waals surface area contributed by atoms with Gasteiger partial charge in [-0.3, -0.25) is 0 Å². The predicted octanol–water partition coefficient (Wildman–Crippen LogP) is 4.47. The maximum atomic E-state index is 13.3. The highest BCUT2D eigenvalue weighted by molar-refractivity contribution is 8.14. The van der Waals surface area contributed by atoms with E-state index in [1.807, 2.05) is 30.3 Å². The minimum absolute atomic E-state index is 0.0339. The smallest absolute Gasteiger partial charge is 0.353 e. The lowest BCUT2D eigenvalue weighted by molar-refractivity contribution is -0.447.